The van der Waals surface area contributed by atoms with Crippen molar-refractivity contribution in [2.24, 2.45) is 0 Å². The van der Waals surface area contributed by atoms with Gasteiger partial charge in [-0.1, -0.05) is 40.2 Å². The fraction of sp³-hybridized carbons (Fsp3) is 0.429. The molecule has 0 bridgehead atoms. The Balaban J connectivity index is 2.11. The van der Waals surface area contributed by atoms with E-state index in [0.29, 0.717) is 6.04 Å². The summed E-state index contributed by atoms with van der Waals surface area (Å²) in [6, 6.07) is 8.63. The minimum Gasteiger partial charge on any atom is -0.377 e. The molecule has 1 aliphatic heterocycles. The van der Waals surface area contributed by atoms with Crippen molar-refractivity contribution < 1.29 is 4.74 Å². The van der Waals surface area contributed by atoms with Gasteiger partial charge in [-0.15, -0.1) is 5.10 Å². The van der Waals surface area contributed by atoms with Crippen LogP contribution in [-0.2, 0) is 4.74 Å². The molecule has 1 fully saturated rings. The molecule has 0 amide bonds. The van der Waals surface area contributed by atoms with Gasteiger partial charge in [-0.05, 0) is 6.92 Å². The van der Waals surface area contributed by atoms with Gasteiger partial charge in [0, 0.05) is 22.6 Å². The maximum atomic E-state index is 5.54. The third-order valence-corrected chi connectivity index (χ3v) is 4.28. The Bertz CT molecular complexity index is 590. The summed E-state index contributed by atoms with van der Waals surface area (Å²) >= 11 is 3.56. The van der Waals surface area contributed by atoms with E-state index in [1.807, 2.05) is 13.0 Å². The zero-order valence-corrected chi connectivity index (χ0v) is 12.4. The number of anilines is 1. The highest BCUT2D eigenvalue weighted by Crippen LogP contribution is 2.28. The quantitative estimate of drug-likeness (QED) is 0.797. The van der Waals surface area contributed by atoms with Gasteiger partial charge >= 0.3 is 0 Å². The first-order valence-corrected chi connectivity index (χ1v) is 7.56. The fourth-order valence-electron chi connectivity index (χ4n) is 2.50. The van der Waals surface area contributed by atoms with Crippen LogP contribution in [0.25, 0.3) is 10.8 Å². The van der Waals surface area contributed by atoms with Crippen LogP contribution in [0.15, 0.2) is 24.3 Å². The average Bonchev–Trinajstić information content (AvgIpc) is 2.48. The Morgan fingerprint density at radius 2 is 2.11 bits per heavy atom. The fourth-order valence-corrected chi connectivity index (χ4v) is 3.03. The molecule has 1 aromatic heterocycles. The second-order valence-corrected chi connectivity index (χ2v) is 5.38. The molecule has 100 valence electrons. The lowest BCUT2D eigenvalue weighted by molar-refractivity contribution is 0.100. The van der Waals surface area contributed by atoms with Crippen LogP contribution in [-0.4, -0.2) is 41.3 Å². The summed E-state index contributed by atoms with van der Waals surface area (Å²) in [6.07, 6.45) is 0. The molecule has 19 heavy (non-hydrogen) atoms. The van der Waals surface area contributed by atoms with Crippen LogP contribution in [0, 0.1) is 6.92 Å². The van der Waals surface area contributed by atoms with E-state index in [-0.39, 0.29) is 0 Å². The Labute approximate surface area is 120 Å². The standard InChI is InChI=1S/C14H16BrN3O/c1-10-12-4-2-3-5-13(12)14(17-16-10)18-6-7-19-9-11(18)8-15/h2-5,11H,6-9H2,1H3. The third-order valence-electron chi connectivity index (χ3n) is 3.53. The van der Waals surface area contributed by atoms with Gasteiger partial charge in [0.2, 0.25) is 0 Å². The molecule has 5 heteroatoms. The molecule has 0 radical (unpaired) electrons. The van der Waals surface area contributed by atoms with Crippen LogP contribution in [0.1, 0.15) is 5.69 Å². The number of ether oxygens (including phenoxy) is 1. The van der Waals surface area contributed by atoms with Crippen LogP contribution >= 0.6 is 15.9 Å². The number of hydrogen-bond donors (Lipinski definition) is 0. The molecule has 4 nitrogen and oxygen atoms in total. The van der Waals surface area contributed by atoms with E-state index < -0.39 is 0 Å². The van der Waals surface area contributed by atoms with Gasteiger partial charge in [0.15, 0.2) is 5.82 Å². The summed E-state index contributed by atoms with van der Waals surface area (Å²) in [5.41, 5.74) is 0.975. The molecule has 2 heterocycles. The summed E-state index contributed by atoms with van der Waals surface area (Å²) in [5.74, 6) is 0.967. The lowest BCUT2D eigenvalue weighted by Crippen LogP contribution is -2.47. The maximum Gasteiger partial charge on any atom is 0.159 e. The normalized spacial score (nSPS) is 19.9. The molecule has 1 atom stereocenters. The summed E-state index contributed by atoms with van der Waals surface area (Å²) < 4.78 is 5.54. The number of benzene rings is 1. The predicted octanol–water partition coefficient (Wildman–Crippen LogP) is 2.54. The van der Waals surface area contributed by atoms with E-state index in [4.69, 9.17) is 4.74 Å². The van der Waals surface area contributed by atoms with Gasteiger partial charge in [0.1, 0.15) is 0 Å². The highest BCUT2D eigenvalue weighted by molar-refractivity contribution is 9.09. The number of halogens is 1. The van der Waals surface area contributed by atoms with E-state index >= 15 is 0 Å². The van der Waals surface area contributed by atoms with Crippen molar-refractivity contribution in [1.29, 1.82) is 0 Å². The van der Waals surface area contributed by atoms with Crippen LogP contribution < -0.4 is 4.90 Å². The van der Waals surface area contributed by atoms with Crippen LogP contribution in [0.4, 0.5) is 5.82 Å². The maximum absolute atomic E-state index is 5.54. The summed E-state index contributed by atoms with van der Waals surface area (Å²) in [6.45, 7) is 4.33. The first-order valence-electron chi connectivity index (χ1n) is 6.43. The van der Waals surface area contributed by atoms with E-state index in [2.05, 4.69) is 49.2 Å². The number of morpholine rings is 1. The first-order chi connectivity index (χ1) is 9.31. The molecule has 0 N–H and O–H groups in total. The Hall–Kier alpha value is -1.20. The molecule has 1 saturated heterocycles. The van der Waals surface area contributed by atoms with E-state index in [0.717, 1.165) is 36.6 Å². The number of nitrogens with zero attached hydrogens (tertiary/aromatic N) is 3. The Morgan fingerprint density at radius 3 is 2.89 bits per heavy atom. The van der Waals surface area contributed by atoms with Gasteiger partial charge in [-0.3, -0.25) is 0 Å². The molecule has 2 aromatic rings. The Kier molecular flexibility index (Phi) is 3.66. The van der Waals surface area contributed by atoms with E-state index in [1.165, 1.54) is 10.8 Å². The van der Waals surface area contributed by atoms with Crippen molar-refractivity contribution in [3.63, 3.8) is 0 Å². The number of hydrogen-bond acceptors (Lipinski definition) is 4. The molecule has 3 rings (SSSR count). The summed E-state index contributed by atoms with van der Waals surface area (Å²) in [4.78, 5) is 2.30. The largest absolute Gasteiger partial charge is 0.377 e. The zero-order chi connectivity index (χ0) is 13.2. The molecule has 0 aliphatic carbocycles. The van der Waals surface area contributed by atoms with Gasteiger partial charge in [0.25, 0.3) is 0 Å². The monoisotopic (exact) mass is 321 g/mol. The minimum absolute atomic E-state index is 0.314. The second kappa shape index (κ2) is 5.43. The van der Waals surface area contributed by atoms with Gasteiger partial charge < -0.3 is 9.64 Å². The topological polar surface area (TPSA) is 38.2 Å². The smallest absolute Gasteiger partial charge is 0.159 e. The number of aromatic nitrogens is 2. The van der Waals surface area contributed by atoms with Gasteiger partial charge in [-0.2, -0.15) is 5.10 Å². The van der Waals surface area contributed by atoms with Crippen LogP contribution in [0.2, 0.25) is 0 Å². The summed E-state index contributed by atoms with van der Waals surface area (Å²) in [7, 11) is 0. The van der Waals surface area contributed by atoms with E-state index in [1.54, 1.807) is 0 Å². The van der Waals surface area contributed by atoms with Crippen molar-refractivity contribution in [2.75, 3.05) is 30.0 Å². The molecule has 1 aliphatic rings. The highest BCUT2D eigenvalue weighted by atomic mass is 79.9. The lowest BCUT2D eigenvalue weighted by Gasteiger charge is -2.35. The molecule has 0 saturated carbocycles. The van der Waals surface area contributed by atoms with Crippen LogP contribution in [0.5, 0.6) is 0 Å². The SMILES string of the molecule is Cc1nnc(N2CCOCC2CBr)c2ccccc12. The number of fused-ring (bicyclic) bond motifs is 1. The molecular formula is C14H16BrN3O. The lowest BCUT2D eigenvalue weighted by atomic mass is 10.1. The minimum atomic E-state index is 0.314. The number of aryl methyl sites for hydroxylation is 1. The van der Waals surface area contributed by atoms with Crippen molar-refractivity contribution >= 4 is 32.5 Å². The number of rotatable bonds is 2. The summed E-state index contributed by atoms with van der Waals surface area (Å²) in [5, 5.41) is 11.9. The molecule has 1 unspecified atom stereocenters. The van der Waals surface area contributed by atoms with Crippen molar-refractivity contribution in [3.8, 4) is 0 Å². The third kappa shape index (κ3) is 2.32. The van der Waals surface area contributed by atoms with Crippen LogP contribution in [0.3, 0.4) is 0 Å². The van der Waals surface area contributed by atoms with Crippen molar-refractivity contribution in [3.05, 3.63) is 30.0 Å². The van der Waals surface area contributed by atoms with Gasteiger partial charge in [0.05, 0.1) is 24.9 Å². The van der Waals surface area contributed by atoms with E-state index in [9.17, 15) is 0 Å². The van der Waals surface area contributed by atoms with Gasteiger partial charge in [-0.25, -0.2) is 0 Å². The first kappa shape index (κ1) is 12.8. The second-order valence-electron chi connectivity index (χ2n) is 4.73. The predicted molar refractivity (Wildman–Crippen MR) is 80.0 cm³/mol. The Morgan fingerprint density at radius 1 is 1.32 bits per heavy atom. The molecule has 1 aromatic carbocycles. The van der Waals surface area contributed by atoms with Crippen molar-refractivity contribution in [1.82, 2.24) is 10.2 Å². The highest BCUT2D eigenvalue weighted by Gasteiger charge is 2.25. The zero-order valence-electron chi connectivity index (χ0n) is 10.8. The molecular weight excluding hydrogens is 306 g/mol. The molecule has 0 spiro atoms. The average molecular weight is 322 g/mol. The van der Waals surface area contributed by atoms with Crippen molar-refractivity contribution in [2.45, 2.75) is 13.0 Å². The number of alkyl halides is 1.